The van der Waals surface area contributed by atoms with Gasteiger partial charge in [-0.25, -0.2) is 4.39 Å². The van der Waals surface area contributed by atoms with Crippen LogP contribution in [0.1, 0.15) is 16.5 Å². The smallest absolute Gasteiger partial charge is 0.127 e. The van der Waals surface area contributed by atoms with Gasteiger partial charge in [-0.3, -0.25) is 0 Å². The SMILES string of the molecule is Fc1ccccc1C(Cl)Cc1ccsc1. The summed E-state index contributed by atoms with van der Waals surface area (Å²) in [7, 11) is 0. The first-order chi connectivity index (χ1) is 7.27. The summed E-state index contributed by atoms with van der Waals surface area (Å²) in [6.45, 7) is 0. The molecule has 1 unspecified atom stereocenters. The summed E-state index contributed by atoms with van der Waals surface area (Å²) in [5, 5.41) is 3.75. The summed E-state index contributed by atoms with van der Waals surface area (Å²) in [5.74, 6) is -0.229. The molecule has 1 aromatic carbocycles. The van der Waals surface area contributed by atoms with E-state index in [1.165, 1.54) is 6.07 Å². The molecule has 0 saturated heterocycles. The van der Waals surface area contributed by atoms with Gasteiger partial charge in [-0.1, -0.05) is 18.2 Å². The van der Waals surface area contributed by atoms with E-state index < -0.39 is 0 Å². The number of rotatable bonds is 3. The van der Waals surface area contributed by atoms with Crippen molar-refractivity contribution in [2.24, 2.45) is 0 Å². The van der Waals surface area contributed by atoms with Crippen LogP contribution in [-0.2, 0) is 6.42 Å². The Bertz CT molecular complexity index is 425. The van der Waals surface area contributed by atoms with Crippen LogP contribution in [0.3, 0.4) is 0 Å². The van der Waals surface area contributed by atoms with Gasteiger partial charge in [-0.15, -0.1) is 11.6 Å². The van der Waals surface area contributed by atoms with Crippen LogP contribution in [0.2, 0.25) is 0 Å². The highest BCUT2D eigenvalue weighted by atomic mass is 35.5. The Morgan fingerprint density at radius 2 is 2.07 bits per heavy atom. The van der Waals surface area contributed by atoms with Crippen LogP contribution in [0.5, 0.6) is 0 Å². The lowest BCUT2D eigenvalue weighted by atomic mass is 10.1. The molecule has 2 aromatic rings. The normalized spacial score (nSPS) is 12.7. The molecule has 78 valence electrons. The van der Waals surface area contributed by atoms with E-state index in [4.69, 9.17) is 11.6 Å². The van der Waals surface area contributed by atoms with E-state index in [2.05, 4.69) is 0 Å². The molecule has 0 aliphatic rings. The van der Waals surface area contributed by atoms with E-state index in [0.717, 1.165) is 5.56 Å². The summed E-state index contributed by atoms with van der Waals surface area (Å²) < 4.78 is 13.4. The van der Waals surface area contributed by atoms with E-state index in [-0.39, 0.29) is 11.2 Å². The van der Waals surface area contributed by atoms with Crippen LogP contribution in [0.25, 0.3) is 0 Å². The van der Waals surface area contributed by atoms with Crippen molar-refractivity contribution in [3.8, 4) is 0 Å². The Morgan fingerprint density at radius 3 is 2.73 bits per heavy atom. The molecule has 0 radical (unpaired) electrons. The lowest BCUT2D eigenvalue weighted by molar-refractivity contribution is 0.606. The largest absolute Gasteiger partial charge is 0.207 e. The van der Waals surface area contributed by atoms with Crippen molar-refractivity contribution in [3.05, 3.63) is 58.0 Å². The predicted octanol–water partition coefficient (Wildman–Crippen LogP) is 4.41. The van der Waals surface area contributed by atoms with Gasteiger partial charge in [0.25, 0.3) is 0 Å². The van der Waals surface area contributed by atoms with E-state index in [0.29, 0.717) is 12.0 Å². The fraction of sp³-hybridized carbons (Fsp3) is 0.167. The molecular formula is C12H10ClFS. The van der Waals surface area contributed by atoms with Gasteiger partial charge in [0.2, 0.25) is 0 Å². The van der Waals surface area contributed by atoms with E-state index >= 15 is 0 Å². The van der Waals surface area contributed by atoms with Crippen LogP contribution in [0.4, 0.5) is 4.39 Å². The highest BCUT2D eigenvalue weighted by Crippen LogP contribution is 2.27. The second-order valence-electron chi connectivity index (χ2n) is 3.32. The molecule has 2 rings (SSSR count). The minimum Gasteiger partial charge on any atom is -0.207 e. The zero-order valence-corrected chi connectivity index (χ0v) is 9.56. The highest BCUT2D eigenvalue weighted by molar-refractivity contribution is 7.07. The van der Waals surface area contributed by atoms with Gasteiger partial charge in [0.05, 0.1) is 5.38 Å². The molecule has 0 aliphatic carbocycles. The number of alkyl halides is 1. The molecule has 0 N–H and O–H groups in total. The van der Waals surface area contributed by atoms with Gasteiger partial charge >= 0.3 is 0 Å². The van der Waals surface area contributed by atoms with E-state index in [9.17, 15) is 4.39 Å². The maximum Gasteiger partial charge on any atom is 0.127 e. The first-order valence-corrected chi connectivity index (χ1v) is 6.05. The maximum atomic E-state index is 13.4. The lowest BCUT2D eigenvalue weighted by Gasteiger charge is -2.09. The Kier molecular flexibility index (Phi) is 3.39. The summed E-state index contributed by atoms with van der Waals surface area (Å²) in [6, 6.07) is 8.67. The third-order valence-electron chi connectivity index (χ3n) is 2.24. The summed E-state index contributed by atoms with van der Waals surface area (Å²) >= 11 is 7.80. The zero-order chi connectivity index (χ0) is 10.7. The summed E-state index contributed by atoms with van der Waals surface area (Å²) in [5.41, 5.74) is 1.73. The second kappa shape index (κ2) is 4.77. The molecule has 0 amide bonds. The lowest BCUT2D eigenvalue weighted by Crippen LogP contribution is -1.97. The van der Waals surface area contributed by atoms with Gasteiger partial charge in [0.1, 0.15) is 5.82 Å². The number of halogens is 2. The number of benzene rings is 1. The molecule has 0 aliphatic heterocycles. The molecule has 0 bridgehead atoms. The monoisotopic (exact) mass is 240 g/mol. The van der Waals surface area contributed by atoms with Crippen molar-refractivity contribution in [1.82, 2.24) is 0 Å². The van der Waals surface area contributed by atoms with Crippen molar-refractivity contribution in [2.45, 2.75) is 11.8 Å². The van der Waals surface area contributed by atoms with Crippen molar-refractivity contribution in [2.75, 3.05) is 0 Å². The van der Waals surface area contributed by atoms with E-state index in [1.54, 1.807) is 29.5 Å². The predicted molar refractivity (Wildman–Crippen MR) is 63.0 cm³/mol. The van der Waals surface area contributed by atoms with Crippen LogP contribution in [-0.4, -0.2) is 0 Å². The maximum absolute atomic E-state index is 13.4. The molecule has 1 atom stereocenters. The molecular weight excluding hydrogens is 231 g/mol. The standard InChI is InChI=1S/C12H10ClFS/c13-11(7-9-5-6-15-8-9)10-3-1-2-4-12(10)14/h1-6,8,11H,7H2. The Morgan fingerprint density at radius 1 is 1.27 bits per heavy atom. The Labute approximate surface area is 97.3 Å². The average molecular weight is 241 g/mol. The van der Waals surface area contributed by atoms with Gasteiger partial charge in [0, 0.05) is 5.56 Å². The number of hydrogen-bond donors (Lipinski definition) is 0. The van der Waals surface area contributed by atoms with Crippen LogP contribution < -0.4 is 0 Å². The van der Waals surface area contributed by atoms with Crippen LogP contribution in [0, 0.1) is 5.82 Å². The van der Waals surface area contributed by atoms with Gasteiger partial charge in [-0.2, -0.15) is 11.3 Å². The van der Waals surface area contributed by atoms with Crippen LogP contribution in [0.15, 0.2) is 41.1 Å². The first kappa shape index (κ1) is 10.7. The first-order valence-electron chi connectivity index (χ1n) is 4.67. The molecule has 1 heterocycles. The number of hydrogen-bond acceptors (Lipinski definition) is 1. The molecule has 3 heteroatoms. The molecule has 0 spiro atoms. The van der Waals surface area contributed by atoms with Crippen LogP contribution >= 0.6 is 22.9 Å². The Hall–Kier alpha value is -0.860. The third-order valence-corrected chi connectivity index (χ3v) is 3.36. The van der Waals surface area contributed by atoms with Gasteiger partial charge in [-0.05, 0) is 34.9 Å². The molecule has 0 nitrogen and oxygen atoms in total. The topological polar surface area (TPSA) is 0 Å². The molecule has 1 aromatic heterocycles. The quantitative estimate of drug-likeness (QED) is 0.698. The average Bonchev–Trinajstić information content (AvgIpc) is 2.71. The second-order valence-corrected chi connectivity index (χ2v) is 4.63. The number of thiophene rings is 1. The molecule has 0 saturated carbocycles. The Balaban J connectivity index is 2.15. The summed E-state index contributed by atoms with van der Waals surface area (Å²) in [4.78, 5) is 0. The van der Waals surface area contributed by atoms with Crippen molar-refractivity contribution < 1.29 is 4.39 Å². The fourth-order valence-corrected chi connectivity index (χ4v) is 2.49. The third kappa shape index (κ3) is 2.58. The molecule has 0 fully saturated rings. The van der Waals surface area contributed by atoms with Gasteiger partial charge in [0.15, 0.2) is 0 Å². The van der Waals surface area contributed by atoms with Crippen molar-refractivity contribution in [1.29, 1.82) is 0 Å². The zero-order valence-electron chi connectivity index (χ0n) is 7.99. The van der Waals surface area contributed by atoms with Crippen molar-refractivity contribution >= 4 is 22.9 Å². The fourth-order valence-electron chi connectivity index (χ4n) is 1.45. The van der Waals surface area contributed by atoms with Gasteiger partial charge < -0.3 is 0 Å². The van der Waals surface area contributed by atoms with Crippen molar-refractivity contribution in [3.63, 3.8) is 0 Å². The molecule has 15 heavy (non-hydrogen) atoms. The minimum atomic E-state index is -0.291. The summed E-state index contributed by atoms with van der Waals surface area (Å²) in [6.07, 6.45) is 0.673. The van der Waals surface area contributed by atoms with E-state index in [1.807, 2.05) is 16.8 Å². The highest BCUT2D eigenvalue weighted by Gasteiger charge is 2.12. The minimum absolute atomic E-state index is 0.229.